The minimum absolute atomic E-state index is 0.0816. The van der Waals surface area contributed by atoms with Crippen LogP contribution in [-0.4, -0.2) is 35.1 Å². The molecule has 1 aliphatic heterocycles. The molecule has 0 spiro atoms. The number of rotatable bonds is 3. The summed E-state index contributed by atoms with van der Waals surface area (Å²) >= 11 is 0. The largest absolute Gasteiger partial charge is 0.465 e. The van der Waals surface area contributed by atoms with E-state index in [1.165, 1.54) is 16.9 Å². The van der Waals surface area contributed by atoms with Crippen LogP contribution in [0.2, 0.25) is 0 Å². The topological polar surface area (TPSA) is 69.6 Å². The third-order valence-electron chi connectivity index (χ3n) is 5.10. The van der Waals surface area contributed by atoms with Crippen LogP contribution in [0.1, 0.15) is 49.3 Å². The highest BCUT2D eigenvalue weighted by Gasteiger charge is 2.31. The average molecular weight is 316 g/mol. The molecule has 2 amide bonds. The second kappa shape index (κ2) is 7.02. The number of benzene rings is 1. The number of nitrogens with zero attached hydrogens (tertiary/aromatic N) is 1. The van der Waals surface area contributed by atoms with Crippen molar-refractivity contribution in [2.24, 2.45) is 5.92 Å². The van der Waals surface area contributed by atoms with E-state index in [4.69, 9.17) is 0 Å². The normalized spacial score (nSPS) is 21.6. The van der Waals surface area contributed by atoms with Crippen LogP contribution in [0.3, 0.4) is 0 Å². The first-order valence-corrected chi connectivity index (χ1v) is 8.52. The van der Waals surface area contributed by atoms with Crippen molar-refractivity contribution in [3.8, 4) is 0 Å². The van der Waals surface area contributed by atoms with Gasteiger partial charge in [0.2, 0.25) is 5.91 Å². The summed E-state index contributed by atoms with van der Waals surface area (Å²) in [5.74, 6) is 0.180. The van der Waals surface area contributed by atoms with Crippen LogP contribution in [-0.2, 0) is 11.2 Å². The zero-order chi connectivity index (χ0) is 16.2. The molecule has 1 aromatic rings. The van der Waals surface area contributed by atoms with Crippen molar-refractivity contribution < 1.29 is 14.7 Å². The minimum Gasteiger partial charge on any atom is -0.465 e. The number of carbonyl (C=O) groups excluding carboxylic acids is 1. The van der Waals surface area contributed by atoms with E-state index >= 15 is 0 Å². The number of fused-ring (bicyclic) bond motifs is 1. The molecule has 5 heteroatoms. The van der Waals surface area contributed by atoms with Crippen LogP contribution in [0, 0.1) is 5.92 Å². The van der Waals surface area contributed by atoms with Gasteiger partial charge in [0.15, 0.2) is 0 Å². The summed E-state index contributed by atoms with van der Waals surface area (Å²) in [7, 11) is 0. The highest BCUT2D eigenvalue weighted by molar-refractivity contribution is 5.78. The van der Waals surface area contributed by atoms with Gasteiger partial charge in [0.05, 0.1) is 6.04 Å². The quantitative estimate of drug-likeness (QED) is 0.900. The van der Waals surface area contributed by atoms with E-state index in [9.17, 15) is 14.7 Å². The lowest BCUT2D eigenvalue weighted by Crippen LogP contribution is -2.45. The second-order valence-electron chi connectivity index (χ2n) is 6.52. The first-order chi connectivity index (χ1) is 11.2. The molecule has 0 radical (unpaired) electrons. The summed E-state index contributed by atoms with van der Waals surface area (Å²) in [6, 6.07) is 7.64. The van der Waals surface area contributed by atoms with Crippen molar-refractivity contribution in [1.29, 1.82) is 0 Å². The highest BCUT2D eigenvalue weighted by atomic mass is 16.4. The Morgan fingerprint density at radius 1 is 1.17 bits per heavy atom. The van der Waals surface area contributed by atoms with Gasteiger partial charge in [-0.15, -0.1) is 0 Å². The summed E-state index contributed by atoms with van der Waals surface area (Å²) in [4.78, 5) is 25.3. The zero-order valence-corrected chi connectivity index (χ0v) is 13.3. The predicted molar refractivity (Wildman–Crippen MR) is 87.2 cm³/mol. The van der Waals surface area contributed by atoms with E-state index in [-0.39, 0.29) is 17.9 Å². The molecule has 0 saturated heterocycles. The van der Waals surface area contributed by atoms with Crippen LogP contribution in [0.5, 0.6) is 0 Å². The van der Waals surface area contributed by atoms with E-state index in [1.54, 1.807) is 0 Å². The molecular formula is C18H24N2O3. The second-order valence-corrected chi connectivity index (χ2v) is 6.52. The molecular weight excluding hydrogens is 292 g/mol. The van der Waals surface area contributed by atoms with E-state index in [0.29, 0.717) is 13.1 Å². The first-order valence-electron chi connectivity index (χ1n) is 8.52. The molecule has 0 aromatic heterocycles. The lowest BCUT2D eigenvalue weighted by Gasteiger charge is -2.36. The highest BCUT2D eigenvalue weighted by Crippen LogP contribution is 2.30. The Labute approximate surface area is 136 Å². The molecule has 1 aliphatic carbocycles. The summed E-state index contributed by atoms with van der Waals surface area (Å²) < 4.78 is 0. The third-order valence-corrected chi connectivity index (χ3v) is 5.10. The minimum atomic E-state index is -0.920. The number of hydrogen-bond acceptors (Lipinski definition) is 2. The van der Waals surface area contributed by atoms with Gasteiger partial charge in [-0.1, -0.05) is 43.5 Å². The van der Waals surface area contributed by atoms with Gasteiger partial charge in [0.1, 0.15) is 0 Å². The third kappa shape index (κ3) is 3.49. The van der Waals surface area contributed by atoms with Gasteiger partial charge in [-0.3, -0.25) is 9.69 Å². The Morgan fingerprint density at radius 3 is 2.65 bits per heavy atom. The molecule has 1 atom stereocenters. The van der Waals surface area contributed by atoms with Crippen molar-refractivity contribution in [2.75, 3.05) is 13.1 Å². The predicted octanol–water partition coefficient (Wildman–Crippen LogP) is 2.96. The Balaban J connectivity index is 1.70. The maximum absolute atomic E-state index is 12.4. The van der Waals surface area contributed by atoms with Crippen molar-refractivity contribution in [2.45, 2.75) is 44.6 Å². The Bertz CT molecular complexity index is 581. The van der Waals surface area contributed by atoms with Crippen molar-refractivity contribution >= 4 is 12.0 Å². The summed E-state index contributed by atoms with van der Waals surface area (Å²) in [5.41, 5.74) is 2.20. The number of carbonyl (C=O) groups is 2. The molecule has 2 aliphatic rings. The average Bonchev–Trinajstić information content (AvgIpc) is 2.59. The van der Waals surface area contributed by atoms with Crippen LogP contribution in [0.25, 0.3) is 0 Å². The van der Waals surface area contributed by atoms with Crippen molar-refractivity contribution in [1.82, 2.24) is 10.2 Å². The molecule has 124 valence electrons. The Morgan fingerprint density at radius 2 is 1.91 bits per heavy atom. The summed E-state index contributed by atoms with van der Waals surface area (Å²) in [5, 5.41) is 12.5. The maximum Gasteiger partial charge on any atom is 0.407 e. The van der Waals surface area contributed by atoms with Gasteiger partial charge in [0, 0.05) is 19.0 Å². The molecule has 5 nitrogen and oxygen atoms in total. The fourth-order valence-corrected chi connectivity index (χ4v) is 3.81. The monoisotopic (exact) mass is 316 g/mol. The van der Waals surface area contributed by atoms with E-state index in [1.807, 2.05) is 24.3 Å². The van der Waals surface area contributed by atoms with Gasteiger partial charge < -0.3 is 10.4 Å². The fourth-order valence-electron chi connectivity index (χ4n) is 3.81. The van der Waals surface area contributed by atoms with Crippen molar-refractivity contribution in [3.63, 3.8) is 0 Å². The summed E-state index contributed by atoms with van der Waals surface area (Å²) in [6.07, 6.45) is 5.17. The van der Waals surface area contributed by atoms with Crippen molar-refractivity contribution in [3.05, 3.63) is 35.4 Å². The first kappa shape index (κ1) is 15.8. The van der Waals surface area contributed by atoms with E-state index < -0.39 is 6.09 Å². The molecule has 0 bridgehead atoms. The molecule has 1 saturated carbocycles. The van der Waals surface area contributed by atoms with E-state index in [0.717, 1.165) is 37.7 Å². The number of amides is 2. The summed E-state index contributed by atoms with van der Waals surface area (Å²) in [6.45, 7) is 0.842. The van der Waals surface area contributed by atoms with Crippen LogP contribution < -0.4 is 5.32 Å². The van der Waals surface area contributed by atoms with Gasteiger partial charge >= 0.3 is 6.09 Å². The molecule has 23 heavy (non-hydrogen) atoms. The van der Waals surface area contributed by atoms with Gasteiger partial charge in [0.25, 0.3) is 0 Å². The Kier molecular flexibility index (Phi) is 4.84. The van der Waals surface area contributed by atoms with Crippen LogP contribution in [0.15, 0.2) is 24.3 Å². The molecule has 1 aromatic carbocycles. The van der Waals surface area contributed by atoms with Gasteiger partial charge in [-0.2, -0.15) is 0 Å². The van der Waals surface area contributed by atoms with E-state index in [2.05, 4.69) is 5.32 Å². The van der Waals surface area contributed by atoms with Crippen LogP contribution in [0.4, 0.5) is 4.79 Å². The maximum atomic E-state index is 12.4. The molecule has 1 fully saturated rings. The molecule has 0 unspecified atom stereocenters. The lowest BCUT2D eigenvalue weighted by molar-refractivity contribution is -0.126. The number of nitrogens with one attached hydrogen (secondary N) is 1. The SMILES string of the molecule is O=C(NC[C@H]1c2ccccc2CCN1C(=O)O)C1CCCCC1. The number of hydrogen-bond donors (Lipinski definition) is 2. The fraction of sp³-hybridized carbons (Fsp3) is 0.556. The Hall–Kier alpha value is -2.04. The van der Waals surface area contributed by atoms with Crippen LogP contribution >= 0.6 is 0 Å². The van der Waals surface area contributed by atoms with Gasteiger partial charge in [-0.05, 0) is 30.4 Å². The zero-order valence-electron chi connectivity index (χ0n) is 13.3. The smallest absolute Gasteiger partial charge is 0.407 e. The molecule has 1 heterocycles. The molecule has 2 N–H and O–H groups in total. The molecule has 3 rings (SSSR count). The number of carboxylic acid groups (broad SMARTS) is 1. The standard InChI is InChI=1S/C18H24N2O3/c21-17(14-7-2-1-3-8-14)19-12-16-15-9-5-4-6-13(15)10-11-20(16)18(22)23/h4-6,9,14,16H,1-3,7-8,10-12H2,(H,19,21)(H,22,23)/t16-/m0/s1. The van der Waals surface area contributed by atoms with Gasteiger partial charge in [-0.25, -0.2) is 4.79 Å². The lowest BCUT2D eigenvalue weighted by atomic mass is 9.88.